The van der Waals surface area contributed by atoms with Gasteiger partial charge in [-0.1, -0.05) is 0 Å². The number of hydrogen-bond donors (Lipinski definition) is 0. The summed E-state index contributed by atoms with van der Waals surface area (Å²) in [5.74, 6) is 0. The van der Waals surface area contributed by atoms with Crippen LogP contribution < -0.4 is 0 Å². The molecule has 0 atom stereocenters. The summed E-state index contributed by atoms with van der Waals surface area (Å²) in [6.07, 6.45) is 0. The molecule has 0 fully saturated rings. The van der Waals surface area contributed by atoms with Crippen molar-refractivity contribution in [2.75, 3.05) is 0 Å². The van der Waals surface area contributed by atoms with Gasteiger partial charge in [0.1, 0.15) is 32.5 Å². The van der Waals surface area contributed by atoms with E-state index >= 15 is 0 Å². The van der Waals surface area contributed by atoms with E-state index in [1.54, 1.807) is 0 Å². The molecule has 0 saturated heterocycles. The summed E-state index contributed by atoms with van der Waals surface area (Å²) in [4.78, 5) is 0. The second-order valence-electron chi connectivity index (χ2n) is 0.0583. The molecule has 0 rings (SSSR count). The van der Waals surface area contributed by atoms with E-state index in [9.17, 15) is 0 Å². The molecule has 0 aliphatic rings. The van der Waals surface area contributed by atoms with Gasteiger partial charge in [-0.15, -0.1) is 0 Å². The standard InChI is InChI=1S/2Bi.Br2O.6H/c;;1-3-2;;;;;;. The third kappa shape index (κ3) is 20.3. The van der Waals surface area contributed by atoms with Crippen molar-refractivity contribution in [2.45, 2.75) is 0 Å². The van der Waals surface area contributed by atoms with Crippen LogP contribution in [0.1, 0.15) is 0 Å². The molecule has 0 radical (unpaired) electrons. The summed E-state index contributed by atoms with van der Waals surface area (Å²) in [6, 6.07) is 0. The summed E-state index contributed by atoms with van der Waals surface area (Å²) in [6.45, 7) is 0. The van der Waals surface area contributed by atoms with Crippen LogP contribution in [0.3, 0.4) is 0 Å². The summed E-state index contributed by atoms with van der Waals surface area (Å²) >= 11 is 5.12. The van der Waals surface area contributed by atoms with Crippen LogP contribution in [0.25, 0.3) is 0 Å². The van der Waals surface area contributed by atoms with Crippen molar-refractivity contribution < 1.29 is 2.92 Å². The predicted octanol–water partition coefficient (Wildman–Crippen LogP) is -0.745. The average molecular weight is 600 g/mol. The Bertz CT molecular complexity index is 7.61. The molecule has 0 saturated carbocycles. The minimum absolute atomic E-state index is 0. The van der Waals surface area contributed by atoms with Gasteiger partial charge in [0.2, 0.25) is 0 Å². The van der Waals surface area contributed by atoms with E-state index < -0.39 is 0 Å². The normalized spacial score (nSPS) is 3.60. The van der Waals surface area contributed by atoms with Crippen LogP contribution in [0, 0.1) is 0 Å². The fraction of sp³-hybridized carbons (Fsp3) is 0. The van der Waals surface area contributed by atoms with Crippen LogP contribution in [0.4, 0.5) is 0 Å². The van der Waals surface area contributed by atoms with Gasteiger partial charge in [-0.05, 0) is 0 Å². The zero-order valence-electron chi connectivity index (χ0n) is 2.58. The number of halogens is 2. The SMILES string of the molecule is BrOBr.[BiH3].[BiH3]. The molecule has 0 aromatic heterocycles. The molecule has 0 heterocycles. The quantitative estimate of drug-likeness (QED) is 0.334. The van der Waals surface area contributed by atoms with Gasteiger partial charge in [0.25, 0.3) is 0 Å². The summed E-state index contributed by atoms with van der Waals surface area (Å²) < 4.78 is 3.88. The van der Waals surface area contributed by atoms with Crippen LogP contribution in [-0.2, 0) is 2.92 Å². The number of rotatable bonds is 0. The molecule has 36 valence electrons. The first-order chi connectivity index (χ1) is 1.41. The van der Waals surface area contributed by atoms with E-state index in [0.29, 0.717) is 0 Å². The van der Waals surface area contributed by atoms with Gasteiger partial charge >= 0.3 is 52.4 Å². The monoisotopic (exact) mass is 598 g/mol. The Labute approximate surface area is 86.4 Å². The molecule has 0 unspecified atom stereocenters. The van der Waals surface area contributed by atoms with Crippen LogP contribution in [0.5, 0.6) is 0 Å². The van der Waals surface area contributed by atoms with Crippen molar-refractivity contribution in [3.05, 3.63) is 0 Å². The first-order valence-corrected chi connectivity index (χ1v) is 1.60. The molecule has 0 aliphatic carbocycles. The Morgan fingerprint density at radius 2 is 1.00 bits per heavy atom. The third-order valence-electron chi connectivity index (χ3n) is 0. The minimum atomic E-state index is 0. The average Bonchev–Trinajstić information content (AvgIpc) is 0.918. The van der Waals surface area contributed by atoms with Crippen molar-refractivity contribution in [1.29, 1.82) is 0 Å². The number of hydrogen-bond acceptors (Lipinski definition) is 1. The zero-order valence-corrected chi connectivity index (χ0v) is 16.7. The van der Waals surface area contributed by atoms with E-state index in [-0.39, 0.29) is 52.4 Å². The van der Waals surface area contributed by atoms with Gasteiger partial charge in [0.15, 0.2) is 0 Å². The molecule has 0 aromatic carbocycles. The first-order valence-electron chi connectivity index (χ1n) is 0.309. The predicted molar refractivity (Wildman–Crippen MR) is 38.8 cm³/mol. The van der Waals surface area contributed by atoms with E-state index in [1.165, 1.54) is 0 Å². The van der Waals surface area contributed by atoms with Crippen molar-refractivity contribution in [3.63, 3.8) is 0 Å². The van der Waals surface area contributed by atoms with Crippen molar-refractivity contribution in [1.82, 2.24) is 0 Å². The first kappa shape index (κ1) is 15.6. The van der Waals surface area contributed by atoms with Crippen LogP contribution >= 0.6 is 32.5 Å². The molecule has 5 heavy (non-hydrogen) atoms. The van der Waals surface area contributed by atoms with Gasteiger partial charge in [-0.3, -0.25) is 0 Å². The summed E-state index contributed by atoms with van der Waals surface area (Å²) in [5, 5.41) is 0. The zero-order chi connectivity index (χ0) is 2.71. The molecule has 0 amide bonds. The molecule has 0 aromatic rings. The van der Waals surface area contributed by atoms with Gasteiger partial charge < -0.3 is 0 Å². The van der Waals surface area contributed by atoms with Crippen LogP contribution in [0.15, 0.2) is 0 Å². The Kier molecular flexibility index (Phi) is 49.8. The molecular formula is H6Bi2Br2O. The molecule has 0 bridgehead atoms. The summed E-state index contributed by atoms with van der Waals surface area (Å²) in [5.41, 5.74) is 0. The molecule has 0 spiro atoms. The van der Waals surface area contributed by atoms with E-state index in [1.807, 2.05) is 0 Å². The van der Waals surface area contributed by atoms with Crippen LogP contribution in [0.2, 0.25) is 0 Å². The molecule has 0 aliphatic heterocycles. The second kappa shape index (κ2) is 15.9. The van der Waals surface area contributed by atoms with Crippen molar-refractivity contribution in [2.24, 2.45) is 0 Å². The van der Waals surface area contributed by atoms with E-state index in [4.69, 9.17) is 0 Å². The third-order valence-corrected chi connectivity index (χ3v) is 0. The van der Waals surface area contributed by atoms with E-state index in [2.05, 4.69) is 35.4 Å². The molecule has 1 nitrogen and oxygen atoms in total. The molecule has 5 heteroatoms. The Hall–Kier alpha value is 2.69. The van der Waals surface area contributed by atoms with Crippen molar-refractivity contribution in [3.8, 4) is 0 Å². The van der Waals surface area contributed by atoms with Gasteiger partial charge in [0, 0.05) is 0 Å². The molecular weight excluding hydrogens is 594 g/mol. The van der Waals surface area contributed by atoms with Gasteiger partial charge in [-0.2, -0.15) is 0 Å². The van der Waals surface area contributed by atoms with Gasteiger partial charge in [0.05, 0.1) is 0 Å². The maximum absolute atomic E-state index is 3.88. The Balaban J connectivity index is -0.0000000200. The molecule has 0 N–H and O–H groups in total. The van der Waals surface area contributed by atoms with Crippen LogP contribution in [-0.4, -0.2) is 52.4 Å². The fourth-order valence-electron chi connectivity index (χ4n) is 0. The Morgan fingerprint density at radius 1 is 1.00 bits per heavy atom. The van der Waals surface area contributed by atoms with Crippen molar-refractivity contribution >= 4 is 84.9 Å². The fourth-order valence-corrected chi connectivity index (χ4v) is 0. The Morgan fingerprint density at radius 3 is 1.00 bits per heavy atom. The van der Waals surface area contributed by atoms with Gasteiger partial charge in [-0.25, -0.2) is 2.92 Å². The maximum atomic E-state index is 3.88. The second-order valence-corrected chi connectivity index (χ2v) is 1.57. The van der Waals surface area contributed by atoms with E-state index in [0.717, 1.165) is 0 Å². The topological polar surface area (TPSA) is 9.23 Å². The summed E-state index contributed by atoms with van der Waals surface area (Å²) in [7, 11) is 0.